The van der Waals surface area contributed by atoms with Crippen LogP contribution in [0.3, 0.4) is 0 Å². The summed E-state index contributed by atoms with van der Waals surface area (Å²) in [5.74, 6) is 0.699. The summed E-state index contributed by atoms with van der Waals surface area (Å²) in [5.41, 5.74) is 3.28. The Labute approximate surface area is 166 Å². The monoisotopic (exact) mass is 404 g/mol. The van der Waals surface area contributed by atoms with Gasteiger partial charge in [-0.3, -0.25) is 4.57 Å². The Morgan fingerprint density at radius 2 is 1.86 bits per heavy atom. The standard InChI is InChI=1S/C20H29N4O3P/c1-6-22-28(26,27-7-2)18(12-17-8-9-19(25)14(3)10-17)13-21-20-23-15(4)11-16(5)24-20/h8-12,25H,6-7,13H2,1-5H3,(H,22,26)(H,21,23,24)/b18-12+. The highest BCUT2D eigenvalue weighted by Crippen LogP contribution is 2.51. The SMILES string of the molecule is CCNP(=O)(OCC)/C(=C/c1ccc(O)c(C)c1)CNc1nc(C)cc(C)n1. The van der Waals surface area contributed by atoms with Crippen molar-refractivity contribution in [2.75, 3.05) is 25.0 Å². The number of aryl methyl sites for hydroxylation is 3. The van der Waals surface area contributed by atoms with E-state index in [0.717, 1.165) is 22.5 Å². The van der Waals surface area contributed by atoms with Gasteiger partial charge in [0, 0.05) is 29.8 Å². The summed E-state index contributed by atoms with van der Waals surface area (Å²) in [5, 5.41) is 16.5. The Bertz CT molecular complexity index is 869. The third-order valence-electron chi connectivity index (χ3n) is 4.02. The molecule has 1 aromatic heterocycles. The van der Waals surface area contributed by atoms with E-state index in [9.17, 15) is 9.67 Å². The van der Waals surface area contributed by atoms with Crippen LogP contribution in [0.5, 0.6) is 5.75 Å². The van der Waals surface area contributed by atoms with Crippen LogP contribution in [0.4, 0.5) is 5.95 Å². The molecule has 2 rings (SSSR count). The molecule has 7 nitrogen and oxygen atoms in total. The van der Waals surface area contributed by atoms with Gasteiger partial charge in [0.2, 0.25) is 5.95 Å². The lowest BCUT2D eigenvalue weighted by Crippen LogP contribution is -2.18. The molecule has 0 aliphatic rings. The van der Waals surface area contributed by atoms with Gasteiger partial charge < -0.3 is 14.9 Å². The number of nitrogens with one attached hydrogen (secondary N) is 2. The summed E-state index contributed by atoms with van der Waals surface area (Å²) in [6.45, 7) is 10.4. The van der Waals surface area contributed by atoms with Crippen molar-refractivity contribution in [3.8, 4) is 5.75 Å². The number of nitrogens with zero attached hydrogens (tertiary/aromatic N) is 2. The van der Waals surface area contributed by atoms with Crippen molar-refractivity contribution in [3.05, 3.63) is 52.1 Å². The molecule has 0 spiro atoms. The molecule has 2 aromatic rings. The maximum Gasteiger partial charge on any atom is 0.297 e. The summed E-state index contributed by atoms with van der Waals surface area (Å²) in [6.07, 6.45) is 1.82. The smallest absolute Gasteiger partial charge is 0.297 e. The molecule has 1 atom stereocenters. The fraction of sp³-hybridized carbons (Fsp3) is 0.400. The first-order valence-electron chi connectivity index (χ1n) is 9.34. The van der Waals surface area contributed by atoms with Crippen LogP contribution in [0, 0.1) is 20.8 Å². The first kappa shape index (κ1) is 22.1. The van der Waals surface area contributed by atoms with Gasteiger partial charge in [-0.05, 0) is 63.1 Å². The summed E-state index contributed by atoms with van der Waals surface area (Å²) < 4.78 is 19.1. The zero-order valence-corrected chi connectivity index (χ0v) is 18.0. The Kier molecular flexibility index (Phi) is 7.75. The van der Waals surface area contributed by atoms with Crippen molar-refractivity contribution in [3.63, 3.8) is 0 Å². The number of phenolic OH excluding ortho intramolecular Hbond substituents is 1. The minimum atomic E-state index is -3.25. The first-order valence-corrected chi connectivity index (χ1v) is 11.0. The van der Waals surface area contributed by atoms with Gasteiger partial charge >= 0.3 is 0 Å². The first-order chi connectivity index (χ1) is 13.3. The number of phenols is 1. The highest BCUT2D eigenvalue weighted by molar-refractivity contribution is 7.61. The molecule has 0 aliphatic heterocycles. The van der Waals surface area contributed by atoms with Crippen molar-refractivity contribution in [1.29, 1.82) is 0 Å². The topological polar surface area (TPSA) is 96.4 Å². The zero-order valence-electron chi connectivity index (χ0n) is 17.1. The molecular formula is C20H29N4O3P. The molecule has 0 amide bonds. The van der Waals surface area contributed by atoms with E-state index in [4.69, 9.17) is 4.52 Å². The van der Waals surface area contributed by atoms with E-state index in [1.807, 2.05) is 52.8 Å². The third-order valence-corrected chi connectivity index (χ3v) is 6.42. The van der Waals surface area contributed by atoms with E-state index in [2.05, 4.69) is 20.4 Å². The average Bonchev–Trinajstić information content (AvgIpc) is 2.61. The summed E-state index contributed by atoms with van der Waals surface area (Å²) in [7, 11) is -3.25. The fourth-order valence-corrected chi connectivity index (χ4v) is 4.64. The second-order valence-electron chi connectivity index (χ2n) is 6.49. The molecule has 152 valence electrons. The second-order valence-corrected chi connectivity index (χ2v) is 8.74. The van der Waals surface area contributed by atoms with E-state index in [0.29, 0.717) is 24.4 Å². The quantitative estimate of drug-likeness (QED) is 0.533. The van der Waals surface area contributed by atoms with E-state index >= 15 is 0 Å². The largest absolute Gasteiger partial charge is 0.508 e. The molecule has 0 aliphatic carbocycles. The maximum absolute atomic E-state index is 13.5. The number of aromatic nitrogens is 2. The van der Waals surface area contributed by atoms with Crippen LogP contribution in [-0.4, -0.2) is 34.8 Å². The van der Waals surface area contributed by atoms with Crippen LogP contribution in [0.1, 0.15) is 36.4 Å². The van der Waals surface area contributed by atoms with Crippen LogP contribution in [0.2, 0.25) is 0 Å². The molecule has 28 heavy (non-hydrogen) atoms. The van der Waals surface area contributed by atoms with Crippen molar-refractivity contribution >= 4 is 19.5 Å². The number of rotatable bonds is 9. The summed E-state index contributed by atoms with van der Waals surface area (Å²) in [6, 6.07) is 7.13. The fourth-order valence-electron chi connectivity index (χ4n) is 2.80. The molecule has 1 unspecified atom stereocenters. The van der Waals surface area contributed by atoms with Crippen LogP contribution < -0.4 is 10.4 Å². The van der Waals surface area contributed by atoms with Gasteiger partial charge in [0.25, 0.3) is 7.52 Å². The number of benzene rings is 1. The minimum absolute atomic E-state index is 0.222. The second kappa shape index (κ2) is 9.82. The summed E-state index contributed by atoms with van der Waals surface area (Å²) >= 11 is 0. The van der Waals surface area contributed by atoms with Gasteiger partial charge in [-0.15, -0.1) is 0 Å². The molecule has 0 bridgehead atoms. The minimum Gasteiger partial charge on any atom is -0.508 e. The van der Waals surface area contributed by atoms with Crippen molar-refractivity contribution in [1.82, 2.24) is 15.1 Å². The molecule has 0 radical (unpaired) electrons. The molecule has 1 heterocycles. The lowest BCUT2D eigenvalue weighted by Gasteiger charge is -2.22. The molecular weight excluding hydrogens is 375 g/mol. The van der Waals surface area contributed by atoms with Crippen LogP contribution in [-0.2, 0) is 9.09 Å². The number of hydrogen-bond acceptors (Lipinski definition) is 6. The molecule has 3 N–H and O–H groups in total. The highest BCUT2D eigenvalue weighted by atomic mass is 31.2. The number of anilines is 1. The van der Waals surface area contributed by atoms with Gasteiger partial charge in [0.05, 0.1) is 6.61 Å². The van der Waals surface area contributed by atoms with Crippen molar-refractivity contribution in [2.45, 2.75) is 34.6 Å². The molecule has 8 heteroatoms. The summed E-state index contributed by atoms with van der Waals surface area (Å²) in [4.78, 5) is 8.76. The molecule has 0 fully saturated rings. The Morgan fingerprint density at radius 1 is 1.18 bits per heavy atom. The van der Waals surface area contributed by atoms with Crippen LogP contribution >= 0.6 is 7.52 Å². The van der Waals surface area contributed by atoms with Gasteiger partial charge in [0.15, 0.2) is 0 Å². The third kappa shape index (κ3) is 5.89. The van der Waals surface area contributed by atoms with Gasteiger partial charge in [-0.1, -0.05) is 13.0 Å². The van der Waals surface area contributed by atoms with Crippen LogP contribution in [0.25, 0.3) is 6.08 Å². The Hall–Kier alpha value is -2.21. The van der Waals surface area contributed by atoms with Gasteiger partial charge in [0.1, 0.15) is 5.75 Å². The molecule has 1 aromatic carbocycles. The van der Waals surface area contributed by atoms with E-state index in [1.165, 1.54) is 0 Å². The van der Waals surface area contributed by atoms with E-state index < -0.39 is 7.52 Å². The van der Waals surface area contributed by atoms with Gasteiger partial charge in [-0.2, -0.15) is 0 Å². The predicted molar refractivity (Wildman–Crippen MR) is 114 cm³/mol. The number of aromatic hydroxyl groups is 1. The lowest BCUT2D eigenvalue weighted by molar-refractivity contribution is 0.330. The number of hydrogen-bond donors (Lipinski definition) is 3. The highest BCUT2D eigenvalue weighted by Gasteiger charge is 2.27. The van der Waals surface area contributed by atoms with E-state index in [-0.39, 0.29) is 12.3 Å². The van der Waals surface area contributed by atoms with Crippen LogP contribution in [0.15, 0.2) is 29.6 Å². The van der Waals surface area contributed by atoms with Crippen molar-refractivity contribution < 1.29 is 14.2 Å². The Morgan fingerprint density at radius 3 is 2.43 bits per heavy atom. The zero-order chi connectivity index (χ0) is 20.7. The van der Waals surface area contributed by atoms with Gasteiger partial charge in [-0.25, -0.2) is 15.1 Å². The van der Waals surface area contributed by atoms with E-state index in [1.54, 1.807) is 12.1 Å². The lowest BCUT2D eigenvalue weighted by atomic mass is 10.1. The van der Waals surface area contributed by atoms with Crippen molar-refractivity contribution in [2.24, 2.45) is 0 Å². The normalized spacial score (nSPS) is 14.0. The predicted octanol–water partition coefficient (Wildman–Crippen LogP) is 4.40. The molecule has 0 saturated heterocycles. The molecule has 0 saturated carbocycles. The maximum atomic E-state index is 13.5. The Balaban J connectivity index is 2.40. The average molecular weight is 404 g/mol.